The van der Waals surface area contributed by atoms with E-state index in [9.17, 15) is 19.1 Å². The number of carbonyl (C=O) groups excluding carboxylic acids is 2. The number of nitrogens with zero attached hydrogens (tertiary/aromatic N) is 2. The zero-order chi connectivity index (χ0) is 20.3. The lowest BCUT2D eigenvalue weighted by Crippen LogP contribution is -2.56. The molecule has 0 saturated carbocycles. The van der Waals surface area contributed by atoms with Gasteiger partial charge in [0, 0.05) is 24.3 Å². The summed E-state index contributed by atoms with van der Waals surface area (Å²) in [5, 5.41) is 13.0. The average molecular weight is 390 g/mol. The number of imidazole rings is 1. The number of rotatable bonds is 5. The number of benzene rings is 1. The second-order valence-corrected chi connectivity index (χ2v) is 6.78. The van der Waals surface area contributed by atoms with Crippen LogP contribution in [0.2, 0.25) is 0 Å². The van der Waals surface area contributed by atoms with Gasteiger partial charge in [0.2, 0.25) is 5.91 Å². The van der Waals surface area contributed by atoms with Crippen molar-refractivity contribution in [2.24, 2.45) is 0 Å². The fraction of sp³-hybridized carbons (Fsp3) is 0.421. The standard InChI is InChI=1S/C19H23FN4O4/c1-11-14(22-10-21-11)8-18(26)24-6-5-16(25)15(9-24)23-19(27)12-3-4-13(20)17(7-12)28-2/h3-4,7,10,15-16,25H,5-6,8-9H2,1-2H3,(H,21,22)(H,23,27)/t15-,16+/m1/s1. The number of H-pyrrole nitrogens is 1. The van der Waals surface area contributed by atoms with Crippen LogP contribution in [0.3, 0.4) is 0 Å². The molecule has 0 spiro atoms. The summed E-state index contributed by atoms with van der Waals surface area (Å²) in [4.78, 5) is 33.7. The molecule has 2 aromatic rings. The van der Waals surface area contributed by atoms with Crippen LogP contribution in [-0.2, 0) is 11.2 Å². The third-order valence-electron chi connectivity index (χ3n) is 4.91. The minimum atomic E-state index is -0.775. The minimum Gasteiger partial charge on any atom is -0.494 e. The Balaban J connectivity index is 1.65. The maximum absolute atomic E-state index is 13.5. The van der Waals surface area contributed by atoms with Gasteiger partial charge in [-0.2, -0.15) is 0 Å². The van der Waals surface area contributed by atoms with Crippen LogP contribution >= 0.6 is 0 Å². The van der Waals surface area contributed by atoms with Crippen molar-refractivity contribution < 1.29 is 23.8 Å². The Labute approximate surface area is 161 Å². The third-order valence-corrected chi connectivity index (χ3v) is 4.91. The number of halogens is 1. The van der Waals surface area contributed by atoms with Crippen molar-refractivity contribution in [3.05, 3.63) is 47.3 Å². The highest BCUT2D eigenvalue weighted by molar-refractivity contribution is 5.95. The van der Waals surface area contributed by atoms with E-state index in [1.54, 1.807) is 4.90 Å². The largest absolute Gasteiger partial charge is 0.494 e. The Morgan fingerprint density at radius 2 is 2.25 bits per heavy atom. The van der Waals surface area contributed by atoms with E-state index < -0.39 is 23.9 Å². The molecule has 0 radical (unpaired) electrons. The van der Waals surface area contributed by atoms with Crippen LogP contribution in [0.5, 0.6) is 5.75 Å². The molecular weight excluding hydrogens is 367 g/mol. The van der Waals surface area contributed by atoms with Gasteiger partial charge in [0.1, 0.15) is 0 Å². The van der Waals surface area contributed by atoms with Crippen molar-refractivity contribution in [1.82, 2.24) is 20.2 Å². The highest BCUT2D eigenvalue weighted by atomic mass is 19.1. The first-order valence-corrected chi connectivity index (χ1v) is 8.98. The maximum Gasteiger partial charge on any atom is 0.251 e. The third kappa shape index (κ3) is 4.30. The Kier molecular flexibility index (Phi) is 5.93. The van der Waals surface area contributed by atoms with Crippen LogP contribution in [0.15, 0.2) is 24.5 Å². The zero-order valence-corrected chi connectivity index (χ0v) is 15.7. The van der Waals surface area contributed by atoms with Crippen LogP contribution < -0.4 is 10.1 Å². The van der Waals surface area contributed by atoms with Crippen LogP contribution in [0.4, 0.5) is 4.39 Å². The van der Waals surface area contributed by atoms with Crippen LogP contribution in [0.1, 0.15) is 28.2 Å². The summed E-state index contributed by atoms with van der Waals surface area (Å²) in [6.07, 6.45) is 1.27. The van der Waals surface area contributed by atoms with Gasteiger partial charge in [0.25, 0.3) is 5.91 Å². The van der Waals surface area contributed by atoms with Crippen molar-refractivity contribution in [1.29, 1.82) is 0 Å². The number of piperidine rings is 1. The van der Waals surface area contributed by atoms with Crippen molar-refractivity contribution in [3.63, 3.8) is 0 Å². The molecule has 1 aromatic carbocycles. The van der Waals surface area contributed by atoms with Crippen molar-refractivity contribution in [2.45, 2.75) is 31.9 Å². The number of ether oxygens (including phenoxy) is 1. The van der Waals surface area contributed by atoms with Gasteiger partial charge in [-0.05, 0) is 31.5 Å². The molecule has 1 aliphatic rings. The highest BCUT2D eigenvalue weighted by Gasteiger charge is 2.32. The number of aromatic nitrogens is 2. The van der Waals surface area contributed by atoms with Gasteiger partial charge in [-0.3, -0.25) is 9.59 Å². The molecule has 0 bridgehead atoms. The number of hydrogen-bond acceptors (Lipinski definition) is 5. The number of hydrogen-bond donors (Lipinski definition) is 3. The number of aryl methyl sites for hydroxylation is 1. The van der Waals surface area contributed by atoms with E-state index in [4.69, 9.17) is 4.74 Å². The molecule has 2 atom stereocenters. The van der Waals surface area contributed by atoms with E-state index in [1.165, 1.54) is 25.6 Å². The van der Waals surface area contributed by atoms with E-state index in [2.05, 4.69) is 15.3 Å². The Morgan fingerprint density at radius 3 is 2.93 bits per heavy atom. The second-order valence-electron chi connectivity index (χ2n) is 6.78. The lowest BCUT2D eigenvalue weighted by atomic mass is 10.0. The van der Waals surface area contributed by atoms with Gasteiger partial charge >= 0.3 is 0 Å². The number of likely N-dealkylation sites (tertiary alicyclic amines) is 1. The predicted molar refractivity (Wildman–Crippen MR) is 98.4 cm³/mol. The van der Waals surface area contributed by atoms with Gasteiger partial charge in [-0.25, -0.2) is 9.37 Å². The van der Waals surface area contributed by atoms with Gasteiger partial charge in [0.05, 0.1) is 37.7 Å². The fourth-order valence-corrected chi connectivity index (χ4v) is 3.18. The molecule has 2 amide bonds. The van der Waals surface area contributed by atoms with Gasteiger partial charge < -0.3 is 25.0 Å². The number of amides is 2. The highest BCUT2D eigenvalue weighted by Crippen LogP contribution is 2.19. The summed E-state index contributed by atoms with van der Waals surface area (Å²) < 4.78 is 18.4. The molecule has 3 N–H and O–H groups in total. The van der Waals surface area contributed by atoms with Crippen LogP contribution in [0.25, 0.3) is 0 Å². The summed E-state index contributed by atoms with van der Waals surface area (Å²) in [7, 11) is 1.32. The van der Waals surface area contributed by atoms with E-state index in [0.717, 1.165) is 11.8 Å². The summed E-state index contributed by atoms with van der Waals surface area (Å²) >= 11 is 0. The lowest BCUT2D eigenvalue weighted by molar-refractivity contribution is -0.133. The number of methoxy groups -OCH3 is 1. The normalized spacial score (nSPS) is 19.4. The molecule has 0 aliphatic carbocycles. The number of nitrogens with one attached hydrogen (secondary N) is 2. The molecule has 150 valence electrons. The van der Waals surface area contributed by atoms with E-state index in [0.29, 0.717) is 18.7 Å². The van der Waals surface area contributed by atoms with Crippen LogP contribution in [0, 0.1) is 12.7 Å². The molecule has 1 aromatic heterocycles. The van der Waals surface area contributed by atoms with Gasteiger partial charge in [-0.1, -0.05) is 0 Å². The summed E-state index contributed by atoms with van der Waals surface area (Å²) in [6.45, 7) is 2.43. The van der Waals surface area contributed by atoms with Gasteiger partial charge in [0.15, 0.2) is 11.6 Å². The smallest absolute Gasteiger partial charge is 0.251 e. The first-order chi connectivity index (χ1) is 13.4. The minimum absolute atomic E-state index is 0.0389. The van der Waals surface area contributed by atoms with E-state index >= 15 is 0 Å². The molecule has 0 unspecified atom stereocenters. The predicted octanol–water partition coefficient (Wildman–Crippen LogP) is 0.800. The Morgan fingerprint density at radius 1 is 1.46 bits per heavy atom. The summed E-state index contributed by atoms with van der Waals surface area (Å²) in [6, 6.07) is 3.16. The van der Waals surface area contributed by atoms with Crippen molar-refractivity contribution in [2.75, 3.05) is 20.2 Å². The van der Waals surface area contributed by atoms with E-state index in [-0.39, 0.29) is 30.2 Å². The lowest BCUT2D eigenvalue weighted by Gasteiger charge is -2.36. The number of aliphatic hydroxyl groups is 1. The number of aliphatic hydroxyl groups excluding tert-OH is 1. The molecule has 3 rings (SSSR count). The quantitative estimate of drug-likeness (QED) is 0.700. The molecule has 28 heavy (non-hydrogen) atoms. The number of aromatic amines is 1. The summed E-state index contributed by atoms with van der Waals surface area (Å²) in [5.74, 6) is -1.20. The average Bonchev–Trinajstić information content (AvgIpc) is 3.08. The SMILES string of the molecule is COc1cc(C(=O)N[C@@H]2CN(C(=O)Cc3nc[nH]c3C)CC[C@@H]2O)ccc1F. The van der Waals surface area contributed by atoms with E-state index in [1.807, 2.05) is 6.92 Å². The van der Waals surface area contributed by atoms with Gasteiger partial charge in [-0.15, -0.1) is 0 Å². The fourth-order valence-electron chi connectivity index (χ4n) is 3.18. The van der Waals surface area contributed by atoms with Crippen LogP contribution in [-0.4, -0.2) is 64.1 Å². The maximum atomic E-state index is 13.5. The number of carbonyl (C=O) groups is 2. The summed E-state index contributed by atoms with van der Waals surface area (Å²) in [5.41, 5.74) is 1.72. The first-order valence-electron chi connectivity index (χ1n) is 8.98. The molecule has 1 fully saturated rings. The Bertz CT molecular complexity index is 869. The zero-order valence-electron chi connectivity index (χ0n) is 15.7. The molecule has 9 heteroatoms. The Hall–Kier alpha value is -2.94. The molecule has 8 nitrogen and oxygen atoms in total. The molecule has 2 heterocycles. The molecule has 1 aliphatic heterocycles. The molecule has 1 saturated heterocycles. The first kappa shape index (κ1) is 19.8. The van der Waals surface area contributed by atoms with Crippen molar-refractivity contribution in [3.8, 4) is 5.75 Å². The monoisotopic (exact) mass is 390 g/mol. The molecular formula is C19H23FN4O4. The topological polar surface area (TPSA) is 108 Å². The van der Waals surface area contributed by atoms with Crippen molar-refractivity contribution >= 4 is 11.8 Å². The second kappa shape index (κ2) is 8.39.